The summed E-state index contributed by atoms with van der Waals surface area (Å²) >= 11 is 3.61. The summed E-state index contributed by atoms with van der Waals surface area (Å²) in [7, 11) is -1.21. The maximum atomic E-state index is 12.8. The van der Waals surface area contributed by atoms with Gasteiger partial charge >= 0.3 is 0 Å². The van der Waals surface area contributed by atoms with Crippen LogP contribution >= 0.6 is 15.9 Å². The van der Waals surface area contributed by atoms with E-state index >= 15 is 0 Å². The van der Waals surface area contributed by atoms with Gasteiger partial charge in [-0.3, -0.25) is 0 Å². The molecule has 0 saturated heterocycles. The smallest absolute Gasteiger partial charge is 0.145 e. The van der Waals surface area contributed by atoms with Crippen LogP contribution in [0.15, 0.2) is 27.1 Å². The molecule has 0 bridgehead atoms. The van der Waals surface area contributed by atoms with Gasteiger partial charge in [-0.05, 0) is 63.6 Å². The highest BCUT2D eigenvalue weighted by Gasteiger charge is 2.46. The van der Waals surface area contributed by atoms with Gasteiger partial charge in [0, 0.05) is 15.5 Å². The summed E-state index contributed by atoms with van der Waals surface area (Å²) in [6.07, 6.45) is 7.25. The van der Waals surface area contributed by atoms with Gasteiger partial charge in [0.1, 0.15) is 11.0 Å². The van der Waals surface area contributed by atoms with Gasteiger partial charge in [0.05, 0.1) is 10.5 Å². The van der Waals surface area contributed by atoms with Crippen LogP contribution in [-0.2, 0) is 17.4 Å². The lowest BCUT2D eigenvalue weighted by molar-refractivity contribution is 0.212. The van der Waals surface area contributed by atoms with E-state index in [2.05, 4.69) is 41.1 Å². The Balaban J connectivity index is 2.09. The van der Waals surface area contributed by atoms with E-state index in [4.69, 9.17) is 4.40 Å². The van der Waals surface area contributed by atoms with Crippen molar-refractivity contribution in [2.75, 3.05) is 0 Å². The van der Waals surface area contributed by atoms with Crippen LogP contribution in [0.5, 0.6) is 0 Å². The highest BCUT2D eigenvalue weighted by Crippen LogP contribution is 2.50. The standard InChI is InChI=1S/C20H28BrNOS/c1-5-14-7-6-10-20(12-14)13-15-8-9-16(21)11-17(15)18(20)22-24(23)19(2,3)4/h8-9,11,14H,5-7,10,12-13H2,1-4H3/b22-18-/t14-,20+,24+/m0/s1. The highest BCUT2D eigenvalue weighted by atomic mass is 79.9. The van der Waals surface area contributed by atoms with Crippen molar-refractivity contribution in [2.45, 2.75) is 71.0 Å². The third-order valence-electron chi connectivity index (χ3n) is 5.58. The molecule has 4 heteroatoms. The van der Waals surface area contributed by atoms with Crippen LogP contribution in [-0.4, -0.2) is 14.7 Å². The van der Waals surface area contributed by atoms with Crippen molar-refractivity contribution in [1.29, 1.82) is 0 Å². The molecule has 2 aliphatic carbocycles. The van der Waals surface area contributed by atoms with Crippen LogP contribution in [0.3, 0.4) is 0 Å². The second kappa shape index (κ2) is 6.68. The van der Waals surface area contributed by atoms with Gasteiger partial charge in [0.15, 0.2) is 0 Å². The Hall–Kier alpha value is -0.480. The molecule has 1 aromatic rings. The lowest BCUT2D eigenvalue weighted by Gasteiger charge is -2.38. The maximum Gasteiger partial charge on any atom is 0.145 e. The number of hydrogen-bond donors (Lipinski definition) is 0. The van der Waals surface area contributed by atoms with Crippen LogP contribution < -0.4 is 0 Å². The first-order valence-corrected chi connectivity index (χ1v) is 10.9. The van der Waals surface area contributed by atoms with Gasteiger partial charge < -0.3 is 0 Å². The fourth-order valence-electron chi connectivity index (χ4n) is 4.23. The topological polar surface area (TPSA) is 29.4 Å². The average Bonchev–Trinajstić information content (AvgIpc) is 2.79. The van der Waals surface area contributed by atoms with Crippen molar-refractivity contribution >= 4 is 32.6 Å². The predicted molar refractivity (Wildman–Crippen MR) is 107 cm³/mol. The van der Waals surface area contributed by atoms with Crippen molar-refractivity contribution in [3.63, 3.8) is 0 Å². The van der Waals surface area contributed by atoms with Crippen LogP contribution in [0.25, 0.3) is 0 Å². The molecule has 0 unspecified atom stereocenters. The normalized spacial score (nSPS) is 29.9. The van der Waals surface area contributed by atoms with Crippen molar-refractivity contribution in [3.8, 4) is 0 Å². The molecule has 0 aliphatic heterocycles. The van der Waals surface area contributed by atoms with E-state index in [1.54, 1.807) is 0 Å². The Bertz CT molecular complexity index is 691. The number of rotatable bonds is 2. The Morgan fingerprint density at radius 3 is 2.79 bits per heavy atom. The zero-order chi connectivity index (χ0) is 17.5. The number of hydrogen-bond acceptors (Lipinski definition) is 1. The third-order valence-corrected chi connectivity index (χ3v) is 7.47. The summed E-state index contributed by atoms with van der Waals surface area (Å²) in [5, 5.41) is 0. The Labute approximate surface area is 157 Å². The van der Waals surface area contributed by atoms with E-state index in [1.807, 2.05) is 20.8 Å². The minimum Gasteiger partial charge on any atom is -0.234 e. The highest BCUT2D eigenvalue weighted by molar-refractivity contribution is 9.10. The summed E-state index contributed by atoms with van der Waals surface area (Å²) < 4.78 is 18.4. The SMILES string of the molecule is CC[C@H]1CCC[C@]2(Cc3ccc(Br)cc3/C2=N/[S@](=O)C(C)(C)C)C1. The van der Waals surface area contributed by atoms with E-state index in [1.165, 1.54) is 43.2 Å². The van der Waals surface area contributed by atoms with Gasteiger partial charge in [-0.15, -0.1) is 0 Å². The summed E-state index contributed by atoms with van der Waals surface area (Å²) in [6.45, 7) is 8.32. The monoisotopic (exact) mass is 409 g/mol. The molecule has 1 saturated carbocycles. The summed E-state index contributed by atoms with van der Waals surface area (Å²) in [6, 6.07) is 6.52. The molecular formula is C20H28BrNOS. The Kier molecular flexibility index (Phi) is 5.10. The van der Waals surface area contributed by atoms with Crippen LogP contribution in [0.1, 0.15) is 70.9 Å². The van der Waals surface area contributed by atoms with E-state index in [0.717, 1.165) is 22.5 Å². The van der Waals surface area contributed by atoms with Crippen molar-refractivity contribution in [1.82, 2.24) is 0 Å². The van der Waals surface area contributed by atoms with E-state index in [9.17, 15) is 4.21 Å². The maximum absolute atomic E-state index is 12.8. The van der Waals surface area contributed by atoms with Gasteiger partial charge in [0.2, 0.25) is 0 Å². The molecule has 0 heterocycles. The molecule has 2 nitrogen and oxygen atoms in total. The molecule has 0 amide bonds. The van der Waals surface area contributed by atoms with Crippen LogP contribution in [0.2, 0.25) is 0 Å². The fraction of sp³-hybridized carbons (Fsp3) is 0.650. The second-order valence-corrected chi connectivity index (χ2v) is 11.3. The first kappa shape index (κ1) is 18.3. The molecule has 0 N–H and O–H groups in total. The van der Waals surface area contributed by atoms with Gasteiger partial charge in [0.25, 0.3) is 0 Å². The summed E-state index contributed by atoms with van der Waals surface area (Å²) in [5.41, 5.74) is 3.81. The third kappa shape index (κ3) is 3.41. The zero-order valence-electron chi connectivity index (χ0n) is 15.2. The van der Waals surface area contributed by atoms with E-state index < -0.39 is 11.0 Å². The lowest BCUT2D eigenvalue weighted by atomic mass is 9.66. The van der Waals surface area contributed by atoms with Crippen LogP contribution in [0.4, 0.5) is 0 Å². The largest absolute Gasteiger partial charge is 0.234 e. The Morgan fingerprint density at radius 2 is 2.12 bits per heavy atom. The number of benzene rings is 1. The van der Waals surface area contributed by atoms with Gasteiger partial charge in [-0.2, -0.15) is 4.40 Å². The molecule has 0 radical (unpaired) electrons. The molecule has 2 aliphatic rings. The molecule has 3 rings (SSSR count). The number of nitrogens with zero attached hydrogens (tertiary/aromatic N) is 1. The number of halogens is 1. The molecule has 3 atom stereocenters. The molecule has 1 aromatic carbocycles. The minimum atomic E-state index is -1.21. The molecule has 24 heavy (non-hydrogen) atoms. The average molecular weight is 410 g/mol. The van der Waals surface area contributed by atoms with Crippen molar-refractivity contribution in [2.24, 2.45) is 15.7 Å². The zero-order valence-corrected chi connectivity index (χ0v) is 17.6. The van der Waals surface area contributed by atoms with Gasteiger partial charge in [-0.1, -0.05) is 48.2 Å². The van der Waals surface area contributed by atoms with Gasteiger partial charge in [-0.25, -0.2) is 4.21 Å². The summed E-state index contributed by atoms with van der Waals surface area (Å²) in [5.74, 6) is 0.768. The number of fused-ring (bicyclic) bond motifs is 1. The first-order valence-electron chi connectivity index (χ1n) is 9.05. The quantitative estimate of drug-likeness (QED) is 0.602. The second-order valence-electron chi connectivity index (χ2n) is 8.43. The summed E-state index contributed by atoms with van der Waals surface area (Å²) in [4.78, 5) is 0. The predicted octanol–water partition coefficient (Wildman–Crippen LogP) is 5.84. The molecule has 132 valence electrons. The minimum absolute atomic E-state index is 0.100. The van der Waals surface area contributed by atoms with E-state index in [-0.39, 0.29) is 10.2 Å². The fourth-order valence-corrected chi connectivity index (χ4v) is 5.33. The molecule has 1 spiro atoms. The van der Waals surface area contributed by atoms with Crippen molar-refractivity contribution < 1.29 is 4.21 Å². The Morgan fingerprint density at radius 1 is 1.38 bits per heavy atom. The first-order chi connectivity index (χ1) is 11.2. The molecular weight excluding hydrogens is 382 g/mol. The van der Waals surface area contributed by atoms with Crippen LogP contribution in [0, 0.1) is 11.3 Å². The lowest BCUT2D eigenvalue weighted by Crippen LogP contribution is -2.35. The van der Waals surface area contributed by atoms with Crippen molar-refractivity contribution in [3.05, 3.63) is 33.8 Å². The molecule has 0 aromatic heterocycles. The van der Waals surface area contributed by atoms with E-state index in [0.29, 0.717) is 0 Å². The molecule has 1 fully saturated rings.